The molecule has 0 N–H and O–H groups in total. The molecule has 1 heterocycles. The molecule has 2 aromatic rings. The topological polar surface area (TPSA) is 21.1 Å². The highest BCUT2D eigenvalue weighted by atomic mass is 35.5. The largest absolute Gasteiger partial charge is 0.324 e. The quantitative estimate of drug-likeness (QED) is 0.772. The first kappa shape index (κ1) is 15.3. The molecule has 0 bridgehead atoms. The van der Waals surface area contributed by atoms with Crippen molar-refractivity contribution in [3.05, 3.63) is 29.6 Å². The number of rotatable bonds is 5. The Hall–Kier alpha value is -1.06. The Balaban J connectivity index is 2.48. The lowest BCUT2D eigenvalue weighted by molar-refractivity contribution is 0.357. The van der Waals surface area contributed by atoms with E-state index in [1.807, 2.05) is 6.92 Å². The Morgan fingerprint density at radius 1 is 1.30 bits per heavy atom. The number of para-hydroxylation sites is 1. The van der Waals surface area contributed by atoms with Crippen LogP contribution in [0.5, 0.6) is 0 Å². The molecule has 0 saturated heterocycles. The van der Waals surface area contributed by atoms with E-state index in [2.05, 4.69) is 55.6 Å². The summed E-state index contributed by atoms with van der Waals surface area (Å²) in [6.07, 6.45) is 1.09. The van der Waals surface area contributed by atoms with Crippen LogP contribution >= 0.6 is 11.6 Å². The minimum atomic E-state index is -0.0800. The van der Waals surface area contributed by atoms with Crippen LogP contribution in [0, 0.1) is 6.92 Å². The summed E-state index contributed by atoms with van der Waals surface area (Å²) in [4.78, 5) is 6.99. The number of hydrogen-bond acceptors (Lipinski definition) is 2. The first-order chi connectivity index (χ1) is 9.41. The van der Waals surface area contributed by atoms with Crippen LogP contribution in [-0.2, 0) is 0 Å². The molecule has 2 rings (SSSR count). The number of benzene rings is 1. The maximum absolute atomic E-state index is 6.35. The Morgan fingerprint density at radius 3 is 2.60 bits per heavy atom. The van der Waals surface area contributed by atoms with Crippen molar-refractivity contribution < 1.29 is 0 Å². The molecule has 0 aliphatic rings. The van der Waals surface area contributed by atoms with Gasteiger partial charge in [0.1, 0.15) is 5.82 Å². The predicted molar refractivity (Wildman–Crippen MR) is 86.6 cm³/mol. The average molecular weight is 294 g/mol. The summed E-state index contributed by atoms with van der Waals surface area (Å²) in [6, 6.07) is 6.73. The number of nitrogens with zero attached hydrogens (tertiary/aromatic N) is 3. The molecule has 0 aliphatic carbocycles. The van der Waals surface area contributed by atoms with Gasteiger partial charge in [-0.25, -0.2) is 4.98 Å². The van der Waals surface area contributed by atoms with Crippen LogP contribution < -0.4 is 0 Å². The number of aromatic nitrogens is 2. The van der Waals surface area contributed by atoms with Crippen molar-refractivity contribution >= 4 is 22.6 Å². The van der Waals surface area contributed by atoms with Crippen LogP contribution in [-0.4, -0.2) is 35.1 Å². The maximum atomic E-state index is 6.35. The van der Waals surface area contributed by atoms with Gasteiger partial charge in [0.05, 0.1) is 16.4 Å². The minimum Gasteiger partial charge on any atom is -0.324 e. The molecule has 0 spiro atoms. The standard InChI is InChI=1S/C16H24ClN3/c1-11-7-6-8-14-15(11)18-16(13(3)17)20(14)12(2)9-10-19(4)5/h6-8,12-13H,9-10H2,1-5H3. The molecule has 0 radical (unpaired) electrons. The van der Waals surface area contributed by atoms with E-state index in [0.717, 1.165) is 24.3 Å². The lowest BCUT2D eigenvalue weighted by Crippen LogP contribution is -2.18. The normalized spacial score (nSPS) is 14.9. The van der Waals surface area contributed by atoms with Crippen molar-refractivity contribution in [2.75, 3.05) is 20.6 Å². The second kappa shape index (κ2) is 6.15. The van der Waals surface area contributed by atoms with Gasteiger partial charge in [-0.15, -0.1) is 11.6 Å². The zero-order valence-electron chi connectivity index (χ0n) is 13.0. The molecule has 1 aromatic heterocycles. The molecule has 20 heavy (non-hydrogen) atoms. The van der Waals surface area contributed by atoms with Crippen LogP contribution in [0.1, 0.15) is 43.1 Å². The number of alkyl halides is 1. The van der Waals surface area contributed by atoms with Crippen LogP contribution in [0.25, 0.3) is 11.0 Å². The number of hydrogen-bond donors (Lipinski definition) is 0. The molecule has 3 nitrogen and oxygen atoms in total. The molecule has 1 aromatic carbocycles. The van der Waals surface area contributed by atoms with E-state index in [4.69, 9.17) is 16.6 Å². The molecule has 0 aliphatic heterocycles. The van der Waals surface area contributed by atoms with Gasteiger partial charge in [0, 0.05) is 6.04 Å². The second-order valence-electron chi connectivity index (χ2n) is 5.84. The second-order valence-corrected chi connectivity index (χ2v) is 6.49. The number of fused-ring (bicyclic) bond motifs is 1. The summed E-state index contributed by atoms with van der Waals surface area (Å²) in [6.45, 7) is 7.40. The van der Waals surface area contributed by atoms with Gasteiger partial charge in [-0.3, -0.25) is 0 Å². The third-order valence-corrected chi connectivity index (χ3v) is 3.94. The van der Waals surface area contributed by atoms with Crippen LogP contribution in [0.15, 0.2) is 18.2 Å². The third-order valence-electron chi connectivity index (χ3n) is 3.74. The summed E-state index contributed by atoms with van der Waals surface area (Å²) in [5.41, 5.74) is 3.48. The van der Waals surface area contributed by atoms with Crippen LogP contribution in [0.3, 0.4) is 0 Å². The summed E-state index contributed by atoms with van der Waals surface area (Å²) in [7, 11) is 4.21. The van der Waals surface area contributed by atoms with Crippen molar-refractivity contribution in [1.29, 1.82) is 0 Å². The monoisotopic (exact) mass is 293 g/mol. The van der Waals surface area contributed by atoms with E-state index in [9.17, 15) is 0 Å². The van der Waals surface area contributed by atoms with Crippen LogP contribution in [0.2, 0.25) is 0 Å². The molecular formula is C16H24ClN3. The van der Waals surface area contributed by atoms with E-state index in [-0.39, 0.29) is 5.38 Å². The van der Waals surface area contributed by atoms with Crippen molar-refractivity contribution in [3.8, 4) is 0 Å². The number of halogens is 1. The van der Waals surface area contributed by atoms with E-state index in [1.54, 1.807) is 0 Å². The zero-order valence-corrected chi connectivity index (χ0v) is 13.8. The first-order valence-electron chi connectivity index (χ1n) is 7.18. The van der Waals surface area contributed by atoms with Gasteiger partial charge in [0.15, 0.2) is 0 Å². The molecular weight excluding hydrogens is 270 g/mol. The van der Waals surface area contributed by atoms with E-state index >= 15 is 0 Å². The molecule has 0 saturated carbocycles. The Labute approximate surface area is 126 Å². The highest BCUT2D eigenvalue weighted by molar-refractivity contribution is 6.20. The van der Waals surface area contributed by atoms with Gasteiger partial charge in [-0.1, -0.05) is 12.1 Å². The summed E-state index contributed by atoms with van der Waals surface area (Å²) < 4.78 is 2.31. The van der Waals surface area contributed by atoms with Gasteiger partial charge < -0.3 is 9.47 Å². The molecule has 0 fully saturated rings. The summed E-state index contributed by atoms with van der Waals surface area (Å²) >= 11 is 6.35. The Morgan fingerprint density at radius 2 is 2.00 bits per heavy atom. The molecule has 0 amide bonds. The number of aryl methyl sites for hydroxylation is 1. The van der Waals surface area contributed by atoms with Gasteiger partial charge in [-0.2, -0.15) is 0 Å². The molecule has 4 heteroatoms. The van der Waals surface area contributed by atoms with Crippen LogP contribution in [0.4, 0.5) is 0 Å². The fraction of sp³-hybridized carbons (Fsp3) is 0.562. The average Bonchev–Trinajstić information content (AvgIpc) is 2.77. The maximum Gasteiger partial charge on any atom is 0.127 e. The van der Waals surface area contributed by atoms with Gasteiger partial charge in [0.25, 0.3) is 0 Å². The van der Waals surface area contributed by atoms with E-state index in [1.165, 1.54) is 11.1 Å². The smallest absolute Gasteiger partial charge is 0.127 e. The number of imidazole rings is 1. The van der Waals surface area contributed by atoms with Gasteiger partial charge in [0.2, 0.25) is 0 Å². The highest BCUT2D eigenvalue weighted by Crippen LogP contribution is 2.30. The summed E-state index contributed by atoms with van der Waals surface area (Å²) in [5, 5.41) is -0.0800. The fourth-order valence-electron chi connectivity index (χ4n) is 2.59. The predicted octanol–water partition coefficient (Wildman–Crippen LogP) is 4.16. The highest BCUT2D eigenvalue weighted by Gasteiger charge is 2.19. The van der Waals surface area contributed by atoms with E-state index in [0.29, 0.717) is 6.04 Å². The molecule has 110 valence electrons. The Kier molecular flexibility index (Phi) is 4.71. The zero-order chi connectivity index (χ0) is 14.9. The fourth-order valence-corrected chi connectivity index (χ4v) is 2.75. The summed E-state index contributed by atoms with van der Waals surface area (Å²) in [5.74, 6) is 0.974. The Bertz CT molecular complexity index is 587. The van der Waals surface area contributed by atoms with Crippen molar-refractivity contribution in [3.63, 3.8) is 0 Å². The van der Waals surface area contributed by atoms with Crippen molar-refractivity contribution in [2.24, 2.45) is 0 Å². The van der Waals surface area contributed by atoms with Gasteiger partial charge >= 0.3 is 0 Å². The minimum absolute atomic E-state index is 0.0800. The van der Waals surface area contributed by atoms with Crippen molar-refractivity contribution in [2.45, 2.75) is 38.6 Å². The molecule has 2 atom stereocenters. The lowest BCUT2D eigenvalue weighted by atomic mass is 10.2. The van der Waals surface area contributed by atoms with Gasteiger partial charge in [-0.05, 0) is 59.5 Å². The van der Waals surface area contributed by atoms with E-state index < -0.39 is 0 Å². The third kappa shape index (κ3) is 2.99. The molecule has 2 unspecified atom stereocenters. The SMILES string of the molecule is Cc1cccc2c1nc(C(C)Cl)n2C(C)CCN(C)C. The first-order valence-corrected chi connectivity index (χ1v) is 7.61. The lowest BCUT2D eigenvalue weighted by Gasteiger charge is -2.20. The van der Waals surface area contributed by atoms with Crippen molar-refractivity contribution in [1.82, 2.24) is 14.5 Å².